The summed E-state index contributed by atoms with van der Waals surface area (Å²) in [4.78, 5) is 2.57. The van der Waals surface area contributed by atoms with E-state index in [2.05, 4.69) is 24.0 Å². The normalized spacial score (nSPS) is 18.9. The maximum Gasteiger partial charge on any atom is 0.231 e. The summed E-state index contributed by atoms with van der Waals surface area (Å²) in [5, 5.41) is 0. The highest BCUT2D eigenvalue weighted by molar-refractivity contribution is 5.44. The Kier molecular flexibility index (Phi) is 5.08. The first kappa shape index (κ1) is 14.2. The predicted molar refractivity (Wildman–Crippen MR) is 77.9 cm³/mol. The van der Waals surface area contributed by atoms with Gasteiger partial charge in [0.25, 0.3) is 0 Å². The molecule has 3 heteroatoms. The molecule has 3 nitrogen and oxygen atoms in total. The number of fused-ring (bicyclic) bond motifs is 1. The predicted octanol–water partition coefficient (Wildman–Crippen LogP) is 3.47. The largest absolute Gasteiger partial charge is 0.454 e. The molecule has 0 spiro atoms. The maximum atomic E-state index is 5.41. The fourth-order valence-electron chi connectivity index (χ4n) is 2.72. The zero-order valence-electron chi connectivity index (χ0n) is 12.3. The fraction of sp³-hybridized carbons (Fsp3) is 0.625. The third kappa shape index (κ3) is 3.41. The van der Waals surface area contributed by atoms with Gasteiger partial charge in [0.1, 0.15) is 0 Å². The van der Waals surface area contributed by atoms with Gasteiger partial charge in [0, 0.05) is 6.04 Å². The molecule has 1 fully saturated rings. The van der Waals surface area contributed by atoms with Gasteiger partial charge in [-0.3, -0.25) is 0 Å². The van der Waals surface area contributed by atoms with Crippen molar-refractivity contribution < 1.29 is 9.47 Å². The summed E-state index contributed by atoms with van der Waals surface area (Å²) in [7, 11) is 0. The van der Waals surface area contributed by atoms with Crippen molar-refractivity contribution in [3.8, 4) is 11.5 Å². The summed E-state index contributed by atoms with van der Waals surface area (Å²) in [5.41, 5.74) is 1.34. The summed E-state index contributed by atoms with van der Waals surface area (Å²) in [6.45, 7) is 9.19. The van der Waals surface area contributed by atoms with E-state index in [-0.39, 0.29) is 0 Å². The second kappa shape index (κ2) is 6.80. The number of hydrogen-bond donors (Lipinski definition) is 0. The molecule has 2 aliphatic heterocycles. The molecule has 0 aromatic heterocycles. The van der Waals surface area contributed by atoms with Gasteiger partial charge in [0.2, 0.25) is 6.79 Å². The van der Waals surface area contributed by atoms with E-state index in [4.69, 9.17) is 9.47 Å². The lowest BCUT2D eigenvalue weighted by atomic mass is 10.1. The molecule has 1 aromatic rings. The molecule has 1 atom stereocenters. The van der Waals surface area contributed by atoms with Crippen molar-refractivity contribution in [3.05, 3.63) is 23.8 Å². The molecule has 2 aliphatic rings. The van der Waals surface area contributed by atoms with Crippen molar-refractivity contribution in [1.82, 2.24) is 4.90 Å². The van der Waals surface area contributed by atoms with Crippen LogP contribution in [0.5, 0.6) is 11.5 Å². The Morgan fingerprint density at radius 1 is 1.11 bits per heavy atom. The summed E-state index contributed by atoms with van der Waals surface area (Å²) in [6, 6.07) is 6.92. The molecule has 3 rings (SSSR count). The van der Waals surface area contributed by atoms with Gasteiger partial charge >= 0.3 is 0 Å². The average molecular weight is 263 g/mol. The Bertz CT molecular complexity index is 400. The second-order valence-corrected chi connectivity index (χ2v) is 4.98. The topological polar surface area (TPSA) is 21.7 Å². The van der Waals surface area contributed by atoms with Crippen LogP contribution in [0, 0.1) is 0 Å². The Hall–Kier alpha value is -1.22. The van der Waals surface area contributed by atoms with E-state index in [0.717, 1.165) is 17.9 Å². The minimum atomic E-state index is 0.362. The number of rotatable bonds is 3. The summed E-state index contributed by atoms with van der Waals surface area (Å²) in [6.07, 6.45) is 3.80. The van der Waals surface area contributed by atoms with Crippen LogP contribution in [-0.2, 0) is 6.42 Å². The van der Waals surface area contributed by atoms with Gasteiger partial charge < -0.3 is 14.4 Å². The zero-order valence-corrected chi connectivity index (χ0v) is 12.3. The number of nitrogens with zero attached hydrogens (tertiary/aromatic N) is 1. The van der Waals surface area contributed by atoms with Crippen LogP contribution in [-0.4, -0.2) is 30.8 Å². The quantitative estimate of drug-likeness (QED) is 0.833. The van der Waals surface area contributed by atoms with Gasteiger partial charge in [-0.1, -0.05) is 19.9 Å². The Balaban J connectivity index is 0.000000637. The van der Waals surface area contributed by atoms with Crippen molar-refractivity contribution >= 4 is 0 Å². The Labute approximate surface area is 116 Å². The van der Waals surface area contributed by atoms with Crippen molar-refractivity contribution in [1.29, 1.82) is 0 Å². The third-order valence-electron chi connectivity index (χ3n) is 3.73. The van der Waals surface area contributed by atoms with Crippen LogP contribution in [0.15, 0.2) is 18.2 Å². The molecule has 1 aromatic carbocycles. The summed E-state index contributed by atoms with van der Waals surface area (Å²) >= 11 is 0. The van der Waals surface area contributed by atoms with Crippen LogP contribution in [0.4, 0.5) is 0 Å². The summed E-state index contributed by atoms with van der Waals surface area (Å²) in [5.74, 6) is 1.78. The lowest BCUT2D eigenvalue weighted by Gasteiger charge is -2.23. The number of likely N-dealkylation sites (tertiary alicyclic amines) is 1. The fourth-order valence-corrected chi connectivity index (χ4v) is 2.72. The lowest BCUT2D eigenvalue weighted by molar-refractivity contribution is 0.174. The average Bonchev–Trinajstić information content (AvgIpc) is 3.12. The van der Waals surface area contributed by atoms with Crippen LogP contribution in [0.3, 0.4) is 0 Å². The Morgan fingerprint density at radius 2 is 1.79 bits per heavy atom. The molecule has 0 saturated carbocycles. The number of ether oxygens (including phenoxy) is 2. The first-order valence-corrected chi connectivity index (χ1v) is 7.45. The third-order valence-corrected chi connectivity index (χ3v) is 3.73. The molecule has 1 unspecified atom stereocenters. The monoisotopic (exact) mass is 263 g/mol. The molecule has 0 radical (unpaired) electrons. The van der Waals surface area contributed by atoms with Crippen LogP contribution < -0.4 is 9.47 Å². The SMILES string of the molecule is CC.CC(Cc1ccc2c(c1)OCO2)N1CCCC1. The molecular weight excluding hydrogens is 238 g/mol. The number of hydrogen-bond acceptors (Lipinski definition) is 3. The van der Waals surface area contributed by atoms with Crippen molar-refractivity contribution in [2.75, 3.05) is 19.9 Å². The van der Waals surface area contributed by atoms with E-state index < -0.39 is 0 Å². The van der Waals surface area contributed by atoms with Crippen LogP contribution >= 0.6 is 0 Å². The zero-order chi connectivity index (χ0) is 13.7. The van der Waals surface area contributed by atoms with Crippen LogP contribution in [0.2, 0.25) is 0 Å². The van der Waals surface area contributed by atoms with Crippen molar-refractivity contribution in [3.63, 3.8) is 0 Å². The van der Waals surface area contributed by atoms with E-state index >= 15 is 0 Å². The van der Waals surface area contributed by atoms with Gasteiger partial charge in [-0.05, 0) is 57.0 Å². The molecule has 0 aliphatic carbocycles. The maximum absolute atomic E-state index is 5.41. The molecule has 0 bridgehead atoms. The minimum Gasteiger partial charge on any atom is -0.454 e. The van der Waals surface area contributed by atoms with E-state index in [1.54, 1.807) is 0 Å². The minimum absolute atomic E-state index is 0.362. The molecule has 106 valence electrons. The van der Waals surface area contributed by atoms with Gasteiger partial charge in [0.15, 0.2) is 11.5 Å². The van der Waals surface area contributed by atoms with Crippen molar-refractivity contribution in [2.45, 2.75) is 46.1 Å². The van der Waals surface area contributed by atoms with Crippen LogP contribution in [0.1, 0.15) is 39.2 Å². The van der Waals surface area contributed by atoms with E-state index in [1.165, 1.54) is 31.5 Å². The highest BCUT2D eigenvalue weighted by atomic mass is 16.7. The molecular formula is C16H25NO2. The second-order valence-electron chi connectivity index (χ2n) is 4.98. The first-order valence-electron chi connectivity index (χ1n) is 7.45. The van der Waals surface area contributed by atoms with Gasteiger partial charge in [-0.25, -0.2) is 0 Å². The molecule has 0 amide bonds. The highest BCUT2D eigenvalue weighted by Gasteiger charge is 2.19. The van der Waals surface area contributed by atoms with Gasteiger partial charge in [0.05, 0.1) is 0 Å². The standard InChI is InChI=1S/C14H19NO2.C2H6/c1-11(15-6-2-3-7-15)8-12-4-5-13-14(9-12)17-10-16-13;1-2/h4-5,9,11H,2-3,6-8,10H2,1H3;1-2H3. The summed E-state index contributed by atoms with van der Waals surface area (Å²) < 4.78 is 10.7. The number of benzene rings is 1. The smallest absolute Gasteiger partial charge is 0.231 e. The van der Waals surface area contributed by atoms with E-state index in [0.29, 0.717) is 12.8 Å². The Morgan fingerprint density at radius 3 is 2.53 bits per heavy atom. The van der Waals surface area contributed by atoms with E-state index in [1.807, 2.05) is 19.9 Å². The molecule has 2 heterocycles. The molecule has 0 N–H and O–H groups in total. The highest BCUT2D eigenvalue weighted by Crippen LogP contribution is 2.33. The first-order chi connectivity index (χ1) is 9.33. The van der Waals surface area contributed by atoms with E-state index in [9.17, 15) is 0 Å². The van der Waals surface area contributed by atoms with Gasteiger partial charge in [-0.2, -0.15) is 0 Å². The van der Waals surface area contributed by atoms with Crippen molar-refractivity contribution in [2.24, 2.45) is 0 Å². The molecule has 19 heavy (non-hydrogen) atoms. The lowest BCUT2D eigenvalue weighted by Crippen LogP contribution is -2.31. The van der Waals surface area contributed by atoms with Gasteiger partial charge in [-0.15, -0.1) is 0 Å². The van der Waals surface area contributed by atoms with Crippen LogP contribution in [0.25, 0.3) is 0 Å². The molecule has 1 saturated heterocycles.